The summed E-state index contributed by atoms with van der Waals surface area (Å²) in [7, 11) is 0. The molecule has 32 heavy (non-hydrogen) atoms. The summed E-state index contributed by atoms with van der Waals surface area (Å²) in [6, 6.07) is 20.1. The Balaban J connectivity index is 1.86. The van der Waals surface area contributed by atoms with Crippen molar-refractivity contribution in [3.8, 4) is 0 Å². The van der Waals surface area contributed by atoms with E-state index in [4.69, 9.17) is 0 Å². The Kier molecular flexibility index (Phi) is 5.77. The van der Waals surface area contributed by atoms with Gasteiger partial charge >= 0.3 is 5.97 Å². The van der Waals surface area contributed by atoms with Crippen molar-refractivity contribution in [3.63, 3.8) is 0 Å². The summed E-state index contributed by atoms with van der Waals surface area (Å²) in [6.45, 7) is 3.91. The highest BCUT2D eigenvalue weighted by molar-refractivity contribution is 6.12. The van der Waals surface area contributed by atoms with E-state index in [2.05, 4.69) is 5.32 Å². The number of carboxylic acid groups (broad SMARTS) is 1. The van der Waals surface area contributed by atoms with Crippen LogP contribution in [0.5, 0.6) is 0 Å². The number of aryl methyl sites for hydroxylation is 2. The second kappa shape index (κ2) is 8.67. The monoisotopic (exact) mass is 430 g/mol. The molecule has 0 bridgehead atoms. The molecule has 0 radical (unpaired) electrons. The maximum atomic E-state index is 13.6. The van der Waals surface area contributed by atoms with Crippen molar-refractivity contribution in [2.45, 2.75) is 26.3 Å². The Bertz CT molecular complexity index is 1180. The predicted molar refractivity (Wildman–Crippen MR) is 122 cm³/mol. The fourth-order valence-electron chi connectivity index (χ4n) is 3.90. The molecule has 0 spiro atoms. The number of rotatable bonds is 6. The topological polar surface area (TPSA) is 69.6 Å². The number of benzene rings is 3. The fourth-order valence-corrected chi connectivity index (χ4v) is 3.90. The first-order chi connectivity index (χ1) is 15.3. The van der Waals surface area contributed by atoms with Crippen LogP contribution in [0.15, 0.2) is 84.1 Å². The first-order valence-electron chi connectivity index (χ1n) is 10.3. The smallest absolute Gasteiger partial charge is 0.307 e. The average molecular weight is 430 g/mol. The third-order valence-electron chi connectivity index (χ3n) is 5.50. The van der Waals surface area contributed by atoms with Crippen LogP contribution < -0.4 is 10.2 Å². The number of anilines is 2. The molecule has 0 unspecified atom stereocenters. The number of carboxylic acids is 1. The second-order valence-electron chi connectivity index (χ2n) is 7.93. The lowest BCUT2D eigenvalue weighted by Crippen LogP contribution is -2.31. The van der Waals surface area contributed by atoms with Gasteiger partial charge in [-0.1, -0.05) is 47.5 Å². The molecule has 4 rings (SSSR count). The Morgan fingerprint density at radius 1 is 0.938 bits per heavy atom. The van der Waals surface area contributed by atoms with Gasteiger partial charge in [0.25, 0.3) is 5.91 Å². The van der Waals surface area contributed by atoms with Crippen LogP contribution >= 0.6 is 0 Å². The number of nitrogens with zero attached hydrogens (tertiary/aromatic N) is 1. The number of hydrogen-bond donors (Lipinski definition) is 2. The van der Waals surface area contributed by atoms with Crippen LogP contribution in [-0.2, 0) is 9.59 Å². The van der Waals surface area contributed by atoms with Gasteiger partial charge < -0.3 is 10.4 Å². The van der Waals surface area contributed by atoms with Gasteiger partial charge in [-0.25, -0.2) is 4.39 Å². The molecular weight excluding hydrogens is 407 g/mol. The standard InChI is InChI=1S/C26H23FN2O3/c1-16-3-11-20(12-4-16)28-24-22(15-23(30)31)25(18-7-9-19(27)10-8-18)29(26(24)32)21-13-5-17(2)6-14-21/h3-14,25,28H,15H2,1-2H3,(H,30,31)/t25-/m1/s1. The van der Waals surface area contributed by atoms with Gasteiger partial charge in [0.05, 0.1) is 12.5 Å². The molecule has 1 aliphatic rings. The summed E-state index contributed by atoms with van der Waals surface area (Å²) in [5, 5.41) is 12.8. The SMILES string of the molecule is Cc1ccc(NC2=C(CC(=O)O)[C@@H](c3ccc(F)cc3)N(c3ccc(C)cc3)C2=O)cc1. The highest BCUT2D eigenvalue weighted by Gasteiger charge is 2.41. The predicted octanol–water partition coefficient (Wildman–Crippen LogP) is 5.37. The largest absolute Gasteiger partial charge is 0.481 e. The summed E-state index contributed by atoms with van der Waals surface area (Å²) >= 11 is 0. The van der Waals surface area contributed by atoms with Crippen molar-refractivity contribution in [2.24, 2.45) is 0 Å². The summed E-state index contributed by atoms with van der Waals surface area (Å²) in [6.07, 6.45) is -0.329. The molecule has 0 aliphatic carbocycles. The van der Waals surface area contributed by atoms with Gasteiger partial charge in [0.15, 0.2) is 0 Å². The zero-order valence-electron chi connectivity index (χ0n) is 17.8. The Hall–Kier alpha value is -3.93. The molecule has 0 saturated heterocycles. The lowest BCUT2D eigenvalue weighted by molar-refractivity contribution is -0.136. The summed E-state index contributed by atoms with van der Waals surface area (Å²) in [4.78, 5) is 27.0. The maximum Gasteiger partial charge on any atom is 0.307 e. The van der Waals surface area contributed by atoms with Crippen LogP contribution in [-0.4, -0.2) is 17.0 Å². The molecule has 0 aromatic heterocycles. The van der Waals surface area contributed by atoms with E-state index < -0.39 is 17.8 Å². The van der Waals surface area contributed by atoms with Crippen molar-refractivity contribution in [1.82, 2.24) is 0 Å². The van der Waals surface area contributed by atoms with E-state index in [1.807, 2.05) is 62.4 Å². The molecule has 1 heterocycles. The molecule has 0 fully saturated rings. The van der Waals surface area contributed by atoms with E-state index in [1.165, 1.54) is 12.1 Å². The van der Waals surface area contributed by atoms with E-state index in [-0.39, 0.29) is 18.0 Å². The second-order valence-corrected chi connectivity index (χ2v) is 7.93. The molecular formula is C26H23FN2O3. The molecule has 5 nitrogen and oxygen atoms in total. The Morgan fingerprint density at radius 2 is 1.50 bits per heavy atom. The number of amides is 1. The van der Waals surface area contributed by atoms with Gasteiger partial charge in [0.2, 0.25) is 0 Å². The number of carbonyl (C=O) groups excluding carboxylic acids is 1. The lowest BCUT2D eigenvalue weighted by Gasteiger charge is -2.27. The van der Waals surface area contributed by atoms with Crippen LogP contribution in [0.2, 0.25) is 0 Å². The van der Waals surface area contributed by atoms with Gasteiger partial charge in [-0.05, 0) is 61.4 Å². The Morgan fingerprint density at radius 3 is 2.06 bits per heavy atom. The molecule has 162 valence electrons. The van der Waals surface area contributed by atoms with Gasteiger partial charge in [-0.2, -0.15) is 0 Å². The number of halogens is 1. The molecule has 1 aliphatic heterocycles. The highest BCUT2D eigenvalue weighted by Crippen LogP contribution is 2.43. The van der Waals surface area contributed by atoms with Crippen LogP contribution in [0.1, 0.15) is 29.2 Å². The minimum Gasteiger partial charge on any atom is -0.481 e. The summed E-state index contributed by atoms with van der Waals surface area (Å²) in [5.41, 5.74) is 4.72. The molecule has 1 atom stereocenters. The highest BCUT2D eigenvalue weighted by atomic mass is 19.1. The first-order valence-corrected chi connectivity index (χ1v) is 10.3. The van der Waals surface area contributed by atoms with E-state index in [9.17, 15) is 19.1 Å². The van der Waals surface area contributed by atoms with Crippen molar-refractivity contribution >= 4 is 23.3 Å². The zero-order chi connectivity index (χ0) is 22.8. The number of aliphatic carboxylic acids is 1. The van der Waals surface area contributed by atoms with Crippen LogP contribution in [0.4, 0.5) is 15.8 Å². The van der Waals surface area contributed by atoms with Crippen molar-refractivity contribution in [1.29, 1.82) is 0 Å². The normalized spacial score (nSPS) is 15.9. The quantitative estimate of drug-likeness (QED) is 0.552. The fraction of sp³-hybridized carbons (Fsp3) is 0.154. The third kappa shape index (κ3) is 4.25. The first kappa shape index (κ1) is 21.3. The molecule has 0 saturated carbocycles. The van der Waals surface area contributed by atoms with E-state index in [1.54, 1.807) is 17.0 Å². The number of hydrogen-bond acceptors (Lipinski definition) is 3. The zero-order valence-corrected chi connectivity index (χ0v) is 17.8. The Labute approximate surface area is 185 Å². The minimum absolute atomic E-state index is 0.228. The van der Waals surface area contributed by atoms with E-state index in [0.29, 0.717) is 22.5 Å². The van der Waals surface area contributed by atoms with Gasteiger partial charge in [-0.15, -0.1) is 0 Å². The summed E-state index contributed by atoms with van der Waals surface area (Å²) in [5.74, 6) is -1.78. The van der Waals surface area contributed by atoms with Gasteiger partial charge in [0.1, 0.15) is 11.5 Å². The van der Waals surface area contributed by atoms with Gasteiger partial charge in [-0.3, -0.25) is 14.5 Å². The van der Waals surface area contributed by atoms with Crippen molar-refractivity contribution in [2.75, 3.05) is 10.2 Å². The average Bonchev–Trinajstić information content (AvgIpc) is 3.02. The lowest BCUT2D eigenvalue weighted by atomic mass is 9.96. The molecule has 3 aromatic carbocycles. The van der Waals surface area contributed by atoms with Crippen molar-refractivity contribution < 1.29 is 19.1 Å². The van der Waals surface area contributed by atoms with Gasteiger partial charge in [0, 0.05) is 11.4 Å². The summed E-state index contributed by atoms with van der Waals surface area (Å²) < 4.78 is 13.6. The molecule has 1 amide bonds. The number of carbonyl (C=O) groups is 2. The number of nitrogens with one attached hydrogen (secondary N) is 1. The van der Waals surface area contributed by atoms with Crippen molar-refractivity contribution in [3.05, 3.63) is 107 Å². The van der Waals surface area contributed by atoms with E-state index >= 15 is 0 Å². The minimum atomic E-state index is -1.05. The molecule has 2 N–H and O–H groups in total. The maximum absolute atomic E-state index is 13.6. The molecule has 6 heteroatoms. The molecule has 3 aromatic rings. The van der Waals surface area contributed by atoms with Crippen LogP contribution in [0, 0.1) is 19.7 Å². The van der Waals surface area contributed by atoms with Crippen LogP contribution in [0.3, 0.4) is 0 Å². The van der Waals surface area contributed by atoms with E-state index in [0.717, 1.165) is 11.1 Å². The third-order valence-corrected chi connectivity index (χ3v) is 5.50. The van der Waals surface area contributed by atoms with Crippen LogP contribution in [0.25, 0.3) is 0 Å².